The molecule has 0 aromatic heterocycles. The SMILES string of the molecule is C[Si](C)(C)C#Cc1ccc(F)c(OCCCF)c1. The highest BCUT2D eigenvalue weighted by Crippen LogP contribution is 2.18. The first-order chi connectivity index (χ1) is 8.42. The van der Waals surface area contributed by atoms with Gasteiger partial charge in [0.2, 0.25) is 0 Å². The molecule has 1 nitrogen and oxygen atoms in total. The molecule has 0 unspecified atom stereocenters. The summed E-state index contributed by atoms with van der Waals surface area (Å²) in [7, 11) is -1.45. The average molecular weight is 268 g/mol. The quantitative estimate of drug-likeness (QED) is 0.458. The topological polar surface area (TPSA) is 9.23 Å². The highest BCUT2D eigenvalue weighted by Gasteiger charge is 2.08. The molecular weight excluding hydrogens is 250 g/mol. The van der Waals surface area contributed by atoms with Crippen LogP contribution in [0.3, 0.4) is 0 Å². The third kappa shape index (κ3) is 5.33. The second-order valence-corrected chi connectivity index (χ2v) is 9.79. The molecule has 0 saturated heterocycles. The molecule has 0 amide bonds. The van der Waals surface area contributed by atoms with Crippen molar-refractivity contribution in [3.8, 4) is 17.2 Å². The Hall–Kier alpha value is -1.34. The summed E-state index contributed by atoms with van der Waals surface area (Å²) in [5.74, 6) is 2.74. The molecule has 4 heteroatoms. The van der Waals surface area contributed by atoms with Gasteiger partial charge in [0.25, 0.3) is 0 Å². The van der Waals surface area contributed by atoms with E-state index in [-0.39, 0.29) is 18.8 Å². The van der Waals surface area contributed by atoms with Gasteiger partial charge in [-0.1, -0.05) is 25.6 Å². The maximum absolute atomic E-state index is 13.4. The van der Waals surface area contributed by atoms with E-state index in [4.69, 9.17) is 4.74 Å². The maximum Gasteiger partial charge on any atom is 0.165 e. The molecule has 0 atom stereocenters. The fourth-order valence-electron chi connectivity index (χ4n) is 1.19. The first kappa shape index (κ1) is 14.7. The molecule has 0 saturated carbocycles. The Morgan fingerprint density at radius 3 is 2.61 bits per heavy atom. The molecule has 0 N–H and O–H groups in total. The second kappa shape index (κ2) is 6.55. The van der Waals surface area contributed by atoms with Gasteiger partial charge in [0.1, 0.15) is 8.07 Å². The van der Waals surface area contributed by atoms with Gasteiger partial charge >= 0.3 is 0 Å². The largest absolute Gasteiger partial charge is 0.490 e. The van der Waals surface area contributed by atoms with Crippen LogP contribution in [-0.2, 0) is 0 Å². The lowest BCUT2D eigenvalue weighted by Crippen LogP contribution is -2.16. The van der Waals surface area contributed by atoms with E-state index in [0.717, 1.165) is 5.56 Å². The number of rotatable bonds is 4. The van der Waals surface area contributed by atoms with Crippen LogP contribution in [0.2, 0.25) is 19.6 Å². The van der Waals surface area contributed by atoms with Gasteiger partial charge in [-0.25, -0.2) is 4.39 Å². The zero-order valence-corrected chi connectivity index (χ0v) is 12.0. The highest BCUT2D eigenvalue weighted by atomic mass is 28.3. The molecule has 1 aromatic carbocycles. The summed E-state index contributed by atoms with van der Waals surface area (Å²) in [4.78, 5) is 0. The van der Waals surface area contributed by atoms with Gasteiger partial charge in [-0.3, -0.25) is 4.39 Å². The van der Waals surface area contributed by atoms with Crippen molar-refractivity contribution in [3.63, 3.8) is 0 Å². The van der Waals surface area contributed by atoms with E-state index < -0.39 is 20.6 Å². The second-order valence-electron chi connectivity index (χ2n) is 5.04. The molecule has 98 valence electrons. The van der Waals surface area contributed by atoms with Crippen molar-refractivity contribution in [3.05, 3.63) is 29.6 Å². The van der Waals surface area contributed by atoms with E-state index >= 15 is 0 Å². The zero-order valence-electron chi connectivity index (χ0n) is 11.0. The minimum absolute atomic E-state index is 0.144. The van der Waals surface area contributed by atoms with E-state index in [1.54, 1.807) is 12.1 Å². The lowest BCUT2D eigenvalue weighted by molar-refractivity contribution is 0.277. The average Bonchev–Trinajstić information content (AvgIpc) is 2.29. The summed E-state index contributed by atoms with van der Waals surface area (Å²) in [6.07, 6.45) is 0.268. The smallest absolute Gasteiger partial charge is 0.165 e. The van der Waals surface area contributed by atoms with Crippen LogP contribution in [0.25, 0.3) is 0 Å². The van der Waals surface area contributed by atoms with Crippen LogP contribution in [0.1, 0.15) is 12.0 Å². The fraction of sp³-hybridized carbons (Fsp3) is 0.429. The molecule has 0 aliphatic rings. The molecule has 1 aromatic rings. The van der Waals surface area contributed by atoms with E-state index in [1.165, 1.54) is 6.07 Å². The predicted octanol–water partition coefficient (Wildman–Crippen LogP) is 3.79. The Morgan fingerprint density at radius 1 is 1.28 bits per heavy atom. The molecule has 0 aliphatic heterocycles. The number of ether oxygens (including phenoxy) is 1. The summed E-state index contributed by atoms with van der Waals surface area (Å²) in [6.45, 7) is 6.14. The number of benzene rings is 1. The van der Waals surface area contributed by atoms with Crippen LogP contribution in [0.15, 0.2) is 18.2 Å². The molecule has 0 spiro atoms. The molecule has 0 heterocycles. The molecule has 18 heavy (non-hydrogen) atoms. The van der Waals surface area contributed by atoms with Gasteiger partial charge in [0.05, 0.1) is 13.3 Å². The Morgan fingerprint density at radius 2 is 2.00 bits per heavy atom. The van der Waals surface area contributed by atoms with Crippen LogP contribution in [0.4, 0.5) is 8.78 Å². The van der Waals surface area contributed by atoms with E-state index in [1.807, 2.05) is 0 Å². The maximum atomic E-state index is 13.4. The Labute approximate surface area is 108 Å². The van der Waals surface area contributed by atoms with Crippen LogP contribution < -0.4 is 4.74 Å². The third-order valence-corrected chi connectivity index (χ3v) is 2.92. The van der Waals surface area contributed by atoms with Crippen molar-refractivity contribution >= 4 is 8.07 Å². The number of hydrogen-bond donors (Lipinski definition) is 0. The van der Waals surface area contributed by atoms with Gasteiger partial charge in [-0.2, -0.15) is 0 Å². The van der Waals surface area contributed by atoms with Gasteiger partial charge in [0.15, 0.2) is 11.6 Å². The Kier molecular flexibility index (Phi) is 5.36. The molecule has 0 fully saturated rings. The summed E-state index contributed by atoms with van der Waals surface area (Å²) in [5.41, 5.74) is 3.93. The monoisotopic (exact) mass is 268 g/mol. The van der Waals surface area contributed by atoms with Gasteiger partial charge in [0, 0.05) is 12.0 Å². The first-order valence-electron chi connectivity index (χ1n) is 5.94. The number of halogens is 2. The lowest BCUT2D eigenvalue weighted by atomic mass is 10.2. The molecule has 0 radical (unpaired) electrons. The van der Waals surface area contributed by atoms with E-state index in [9.17, 15) is 8.78 Å². The van der Waals surface area contributed by atoms with Crippen molar-refractivity contribution in [1.29, 1.82) is 0 Å². The van der Waals surface area contributed by atoms with Gasteiger partial charge in [-0.05, 0) is 18.2 Å². The van der Waals surface area contributed by atoms with Crippen LogP contribution in [-0.4, -0.2) is 21.4 Å². The zero-order chi connectivity index (χ0) is 13.6. The number of hydrogen-bond acceptors (Lipinski definition) is 1. The Bertz CT molecular complexity index is 455. The third-order valence-electron chi connectivity index (χ3n) is 2.05. The normalized spacial score (nSPS) is 10.7. The minimum atomic E-state index is -1.45. The van der Waals surface area contributed by atoms with Crippen LogP contribution >= 0.6 is 0 Å². The minimum Gasteiger partial charge on any atom is -0.490 e. The fourth-order valence-corrected chi connectivity index (χ4v) is 1.71. The van der Waals surface area contributed by atoms with Crippen molar-refractivity contribution < 1.29 is 13.5 Å². The van der Waals surface area contributed by atoms with Crippen LogP contribution in [0.5, 0.6) is 5.75 Å². The Balaban J connectivity index is 2.82. The van der Waals surface area contributed by atoms with Crippen molar-refractivity contribution in [2.45, 2.75) is 26.1 Å². The van der Waals surface area contributed by atoms with Crippen molar-refractivity contribution in [2.75, 3.05) is 13.3 Å². The van der Waals surface area contributed by atoms with E-state index in [2.05, 4.69) is 31.1 Å². The molecule has 1 rings (SSSR count). The van der Waals surface area contributed by atoms with Crippen LogP contribution in [0, 0.1) is 17.3 Å². The summed E-state index contributed by atoms with van der Waals surface area (Å²) >= 11 is 0. The highest BCUT2D eigenvalue weighted by molar-refractivity contribution is 6.83. The predicted molar refractivity (Wildman–Crippen MR) is 72.7 cm³/mol. The first-order valence-corrected chi connectivity index (χ1v) is 9.44. The summed E-state index contributed by atoms with van der Waals surface area (Å²) in [6, 6.07) is 4.53. The molecule has 0 aliphatic carbocycles. The standard InChI is InChI=1S/C14H18F2OSi/c1-18(2,3)10-7-12-5-6-13(16)14(11-12)17-9-4-8-15/h5-6,11H,4,8-9H2,1-3H3. The van der Waals surface area contributed by atoms with Crippen molar-refractivity contribution in [1.82, 2.24) is 0 Å². The summed E-state index contributed by atoms with van der Waals surface area (Å²) in [5, 5.41) is 0. The van der Waals surface area contributed by atoms with Gasteiger partial charge in [-0.15, -0.1) is 5.54 Å². The van der Waals surface area contributed by atoms with Gasteiger partial charge < -0.3 is 4.74 Å². The lowest BCUT2D eigenvalue weighted by Gasteiger charge is -2.07. The molecule has 0 bridgehead atoms. The van der Waals surface area contributed by atoms with Crippen molar-refractivity contribution in [2.24, 2.45) is 0 Å². The summed E-state index contributed by atoms with van der Waals surface area (Å²) < 4.78 is 30.5. The molecular formula is C14H18F2OSi. The van der Waals surface area contributed by atoms with E-state index in [0.29, 0.717) is 0 Å². The number of alkyl halides is 1.